The summed E-state index contributed by atoms with van der Waals surface area (Å²) in [6.07, 6.45) is 0. The zero-order chi connectivity index (χ0) is 34.6. The average Bonchev–Trinajstić information content (AvgIpc) is 3.81. The van der Waals surface area contributed by atoms with Gasteiger partial charge in [-0.25, -0.2) is 0 Å². The fourth-order valence-corrected chi connectivity index (χ4v) is 9.72. The third kappa shape index (κ3) is 4.36. The molecule has 246 valence electrons. The molecule has 0 saturated heterocycles. The van der Waals surface area contributed by atoms with E-state index in [0.29, 0.717) is 0 Å². The Hall–Kier alpha value is -6.16. The van der Waals surface area contributed by atoms with Crippen LogP contribution in [0.4, 0.5) is 17.1 Å². The summed E-state index contributed by atoms with van der Waals surface area (Å²) < 4.78 is 8.91. The Balaban J connectivity index is 1.04. The van der Waals surface area contributed by atoms with E-state index in [9.17, 15) is 0 Å². The quantitative estimate of drug-likeness (QED) is 0.184. The van der Waals surface area contributed by atoms with Gasteiger partial charge in [0, 0.05) is 53.4 Å². The second-order valence-corrected chi connectivity index (χ2v) is 15.7. The van der Waals surface area contributed by atoms with Crippen LogP contribution >= 0.6 is 11.3 Å². The highest BCUT2D eigenvalue weighted by molar-refractivity contribution is 7.25. The summed E-state index contributed by atoms with van der Waals surface area (Å²) in [6.45, 7) is 4.69. The molecule has 8 aromatic carbocycles. The maximum atomic E-state index is 6.24. The van der Waals surface area contributed by atoms with Crippen molar-refractivity contribution in [1.29, 1.82) is 0 Å². The van der Waals surface area contributed by atoms with Gasteiger partial charge in [-0.2, -0.15) is 0 Å². The summed E-state index contributed by atoms with van der Waals surface area (Å²) in [7, 11) is 0. The third-order valence-corrected chi connectivity index (χ3v) is 12.4. The van der Waals surface area contributed by atoms with Crippen LogP contribution in [0.25, 0.3) is 75.1 Å². The lowest BCUT2D eigenvalue weighted by Crippen LogP contribution is -2.16. The molecule has 0 spiro atoms. The SMILES string of the molecule is CC1(C)c2ccccc2-c2ccc(N(c3ccc(-c4ccc5cc6c(cc5c4)sc4ccccc46)cc3)c3ccc4oc5ccccc5c4c3)cc21. The lowest BCUT2D eigenvalue weighted by Gasteiger charge is -2.28. The van der Waals surface area contributed by atoms with Crippen molar-refractivity contribution in [2.75, 3.05) is 4.90 Å². The number of para-hydroxylation sites is 1. The molecule has 1 aliphatic carbocycles. The Morgan fingerprint density at radius 1 is 0.442 bits per heavy atom. The van der Waals surface area contributed by atoms with Gasteiger partial charge in [0.1, 0.15) is 11.2 Å². The molecule has 11 rings (SSSR count). The van der Waals surface area contributed by atoms with Crippen molar-refractivity contribution in [2.24, 2.45) is 0 Å². The number of rotatable bonds is 4. The Morgan fingerprint density at radius 2 is 1.13 bits per heavy atom. The topological polar surface area (TPSA) is 16.4 Å². The molecule has 52 heavy (non-hydrogen) atoms. The molecule has 1 aliphatic rings. The minimum absolute atomic E-state index is 0.0975. The van der Waals surface area contributed by atoms with Crippen LogP contribution in [0.2, 0.25) is 0 Å². The van der Waals surface area contributed by atoms with E-state index >= 15 is 0 Å². The first kappa shape index (κ1) is 29.6. The van der Waals surface area contributed by atoms with Crippen LogP contribution in [0.15, 0.2) is 168 Å². The number of fused-ring (bicyclic) bond motifs is 10. The molecule has 2 heterocycles. The van der Waals surface area contributed by atoms with Crippen LogP contribution in [0.1, 0.15) is 25.0 Å². The zero-order valence-corrected chi connectivity index (χ0v) is 29.7. The first-order chi connectivity index (χ1) is 25.5. The van der Waals surface area contributed by atoms with E-state index in [1.165, 1.54) is 64.3 Å². The number of furan rings is 1. The van der Waals surface area contributed by atoms with Gasteiger partial charge in [-0.1, -0.05) is 105 Å². The summed E-state index contributed by atoms with van der Waals surface area (Å²) >= 11 is 1.87. The molecule has 3 heteroatoms. The van der Waals surface area contributed by atoms with Gasteiger partial charge in [-0.3, -0.25) is 0 Å². The van der Waals surface area contributed by atoms with Gasteiger partial charge in [0.2, 0.25) is 0 Å². The van der Waals surface area contributed by atoms with Crippen molar-refractivity contribution in [3.63, 3.8) is 0 Å². The predicted molar refractivity (Wildman–Crippen MR) is 222 cm³/mol. The maximum absolute atomic E-state index is 6.24. The van der Waals surface area contributed by atoms with E-state index in [4.69, 9.17) is 4.42 Å². The Labute approximate surface area is 305 Å². The van der Waals surface area contributed by atoms with Gasteiger partial charge in [-0.15, -0.1) is 11.3 Å². The Morgan fingerprint density at radius 3 is 2.04 bits per heavy atom. The summed E-state index contributed by atoms with van der Waals surface area (Å²) in [4.78, 5) is 2.39. The number of hydrogen-bond donors (Lipinski definition) is 0. The molecule has 0 fully saturated rings. The minimum Gasteiger partial charge on any atom is -0.456 e. The van der Waals surface area contributed by atoms with Crippen molar-refractivity contribution >= 4 is 81.3 Å². The number of nitrogens with zero attached hydrogens (tertiary/aromatic N) is 1. The molecule has 0 radical (unpaired) electrons. The first-order valence-corrected chi connectivity index (χ1v) is 18.7. The Bertz CT molecular complexity index is 3050. The molecular formula is C49H33NOS. The molecule has 0 amide bonds. The summed E-state index contributed by atoms with van der Waals surface area (Å²) in [5, 5.41) is 7.46. The molecule has 0 bridgehead atoms. The molecule has 0 atom stereocenters. The van der Waals surface area contributed by atoms with Crippen LogP contribution in [0, 0.1) is 0 Å². The van der Waals surface area contributed by atoms with E-state index in [1.54, 1.807) is 0 Å². The van der Waals surface area contributed by atoms with E-state index in [1.807, 2.05) is 23.5 Å². The second kappa shape index (κ2) is 10.9. The zero-order valence-electron chi connectivity index (χ0n) is 28.9. The highest BCUT2D eigenvalue weighted by Gasteiger charge is 2.35. The number of thiophene rings is 1. The molecule has 2 nitrogen and oxygen atoms in total. The molecule has 10 aromatic rings. The summed E-state index contributed by atoms with van der Waals surface area (Å²) in [5.74, 6) is 0. The van der Waals surface area contributed by atoms with Crippen molar-refractivity contribution < 1.29 is 4.42 Å². The molecule has 2 aromatic heterocycles. The van der Waals surface area contributed by atoms with E-state index < -0.39 is 0 Å². The van der Waals surface area contributed by atoms with Crippen LogP contribution in [-0.2, 0) is 5.41 Å². The van der Waals surface area contributed by atoms with Crippen LogP contribution < -0.4 is 4.90 Å². The van der Waals surface area contributed by atoms with Crippen molar-refractivity contribution in [1.82, 2.24) is 0 Å². The summed E-state index contributed by atoms with van der Waals surface area (Å²) in [5.41, 5.74) is 12.9. The normalized spacial score (nSPS) is 13.3. The third-order valence-electron chi connectivity index (χ3n) is 11.2. The van der Waals surface area contributed by atoms with E-state index in [0.717, 1.165) is 39.0 Å². The van der Waals surface area contributed by atoms with Gasteiger partial charge in [0.25, 0.3) is 0 Å². The van der Waals surface area contributed by atoms with Gasteiger partial charge in [0.05, 0.1) is 0 Å². The molecule has 0 unspecified atom stereocenters. The molecule has 0 aliphatic heterocycles. The fourth-order valence-electron chi connectivity index (χ4n) is 8.58. The predicted octanol–water partition coefficient (Wildman–Crippen LogP) is 14.6. The first-order valence-electron chi connectivity index (χ1n) is 17.9. The lowest BCUT2D eigenvalue weighted by atomic mass is 9.82. The average molecular weight is 684 g/mol. The van der Waals surface area contributed by atoms with Crippen molar-refractivity contribution in [2.45, 2.75) is 19.3 Å². The highest BCUT2D eigenvalue weighted by Crippen LogP contribution is 2.51. The molecule has 0 N–H and O–H groups in total. The largest absolute Gasteiger partial charge is 0.456 e. The number of benzene rings is 8. The van der Waals surface area contributed by atoms with E-state index in [2.05, 4.69) is 170 Å². The monoisotopic (exact) mass is 683 g/mol. The standard InChI is InChI=1S/C49H33NOS/c1-49(2)43-12-6-3-9-37(43)38-23-21-36(29-44(38)49)50(35-22-24-46-41(28-35)39-10-4-7-13-45(39)51-46)34-19-17-30(18-20-34)31-15-16-32-26-42-40-11-5-8-14-47(40)52-48(42)27-33(32)25-31/h3-29H,1-2H3. The number of hydrogen-bond acceptors (Lipinski definition) is 3. The lowest BCUT2D eigenvalue weighted by molar-refractivity contribution is 0.660. The van der Waals surface area contributed by atoms with Gasteiger partial charge in [0.15, 0.2) is 0 Å². The van der Waals surface area contributed by atoms with Crippen LogP contribution in [0.5, 0.6) is 0 Å². The van der Waals surface area contributed by atoms with Crippen LogP contribution in [0.3, 0.4) is 0 Å². The maximum Gasteiger partial charge on any atom is 0.135 e. The second-order valence-electron chi connectivity index (χ2n) is 14.6. The van der Waals surface area contributed by atoms with Gasteiger partial charge >= 0.3 is 0 Å². The van der Waals surface area contributed by atoms with E-state index in [-0.39, 0.29) is 5.41 Å². The highest BCUT2D eigenvalue weighted by atomic mass is 32.1. The number of anilines is 3. The summed E-state index contributed by atoms with van der Waals surface area (Å²) in [6, 6.07) is 60.1. The van der Waals surface area contributed by atoms with Gasteiger partial charge in [-0.05, 0) is 117 Å². The molecular weight excluding hydrogens is 651 g/mol. The molecule has 0 saturated carbocycles. The Kier molecular flexibility index (Phi) is 6.21. The van der Waals surface area contributed by atoms with Crippen molar-refractivity contribution in [3.8, 4) is 22.3 Å². The fraction of sp³-hybridized carbons (Fsp3) is 0.0612. The van der Waals surface area contributed by atoms with Crippen LogP contribution in [-0.4, -0.2) is 0 Å². The van der Waals surface area contributed by atoms with Gasteiger partial charge < -0.3 is 9.32 Å². The smallest absolute Gasteiger partial charge is 0.135 e. The van der Waals surface area contributed by atoms with Crippen molar-refractivity contribution in [3.05, 3.63) is 175 Å². The minimum atomic E-state index is -0.0975.